The van der Waals surface area contributed by atoms with Gasteiger partial charge in [-0.2, -0.15) is 0 Å². The average Bonchev–Trinajstić information content (AvgIpc) is 2.94. The van der Waals surface area contributed by atoms with Gasteiger partial charge in [-0.1, -0.05) is 12.1 Å². The number of hydrogen-bond acceptors (Lipinski definition) is 5. The molecular weight excluding hydrogens is 359 g/mol. The molecule has 136 valence electrons. The molecular formula is C17H17FN4O3S. The highest BCUT2D eigenvalue weighted by Crippen LogP contribution is 2.23. The van der Waals surface area contributed by atoms with Crippen LogP contribution in [-0.4, -0.2) is 35.4 Å². The van der Waals surface area contributed by atoms with Crippen LogP contribution >= 0.6 is 0 Å². The molecule has 3 rings (SSSR count). The van der Waals surface area contributed by atoms with E-state index >= 15 is 0 Å². The zero-order valence-electron chi connectivity index (χ0n) is 14.0. The fourth-order valence-corrected chi connectivity index (χ4v) is 3.21. The number of rotatable bonds is 5. The van der Waals surface area contributed by atoms with E-state index in [4.69, 9.17) is 5.73 Å². The molecule has 2 heterocycles. The number of nitrogens with zero attached hydrogens (tertiary/aromatic N) is 3. The molecule has 0 aliphatic carbocycles. The van der Waals surface area contributed by atoms with E-state index in [-0.39, 0.29) is 23.6 Å². The summed E-state index contributed by atoms with van der Waals surface area (Å²) in [6, 6.07) is 9.87. The van der Waals surface area contributed by atoms with Gasteiger partial charge in [-0.05, 0) is 41.0 Å². The van der Waals surface area contributed by atoms with E-state index in [1.54, 1.807) is 36.5 Å². The lowest BCUT2D eigenvalue weighted by Crippen LogP contribution is -2.23. The second-order valence-electron chi connectivity index (χ2n) is 5.86. The summed E-state index contributed by atoms with van der Waals surface area (Å²) >= 11 is 0. The van der Waals surface area contributed by atoms with Gasteiger partial charge in [0, 0.05) is 19.0 Å². The second kappa shape index (κ2) is 6.85. The first-order valence-corrected chi connectivity index (χ1v) is 9.60. The van der Waals surface area contributed by atoms with Crippen molar-refractivity contribution in [2.75, 3.05) is 12.8 Å². The van der Waals surface area contributed by atoms with E-state index in [9.17, 15) is 17.6 Å². The van der Waals surface area contributed by atoms with Crippen LogP contribution in [0.3, 0.4) is 0 Å². The Balaban J connectivity index is 2.07. The predicted molar refractivity (Wildman–Crippen MR) is 96.2 cm³/mol. The van der Waals surface area contributed by atoms with Crippen LogP contribution in [0.1, 0.15) is 0 Å². The summed E-state index contributed by atoms with van der Waals surface area (Å²) in [4.78, 5) is 12.5. The lowest BCUT2D eigenvalue weighted by atomic mass is 10.1. The second-order valence-corrected chi connectivity index (χ2v) is 7.87. The lowest BCUT2D eigenvalue weighted by Gasteiger charge is -2.04. The Kier molecular flexibility index (Phi) is 4.75. The van der Waals surface area contributed by atoms with Gasteiger partial charge in [0.25, 0.3) is 0 Å². The van der Waals surface area contributed by atoms with E-state index in [0.29, 0.717) is 23.1 Å². The van der Waals surface area contributed by atoms with Crippen LogP contribution in [0.15, 0.2) is 64.2 Å². The first kappa shape index (κ1) is 18.0. The van der Waals surface area contributed by atoms with Crippen LogP contribution in [0.5, 0.6) is 0 Å². The maximum absolute atomic E-state index is 12.7. The molecule has 3 aromatic rings. The summed E-state index contributed by atoms with van der Waals surface area (Å²) in [5.74, 6) is 0. The van der Waals surface area contributed by atoms with Crippen molar-refractivity contribution in [2.24, 2.45) is 5.73 Å². The summed E-state index contributed by atoms with van der Waals surface area (Å²) in [6.45, 7) is -0.0489. The molecule has 1 aromatic carbocycles. The zero-order chi connectivity index (χ0) is 18.9. The number of aromatic nitrogens is 3. The largest absolute Gasteiger partial charge is 0.350 e. The van der Waals surface area contributed by atoms with Crippen molar-refractivity contribution in [3.05, 3.63) is 65.0 Å². The zero-order valence-corrected chi connectivity index (χ0v) is 14.8. The van der Waals surface area contributed by atoms with Gasteiger partial charge < -0.3 is 5.73 Å². The van der Waals surface area contributed by atoms with Crippen LogP contribution in [0.4, 0.5) is 4.39 Å². The standard InChI is InChI=1S/C17H17FN4O3S/c1-26(24,25)15-4-2-3-13(7-15)14-5-6-21-16(8-14)20-22(17(21)23)11-12(9-18)10-19/h2-9H,10-11,19H2,1H3/b12-9+. The third-order valence-corrected chi connectivity index (χ3v) is 5.06. The smallest absolute Gasteiger partial charge is 0.327 e. The minimum atomic E-state index is -3.33. The van der Waals surface area contributed by atoms with Gasteiger partial charge in [0.1, 0.15) is 0 Å². The number of benzene rings is 1. The first-order chi connectivity index (χ1) is 12.3. The van der Waals surface area contributed by atoms with E-state index in [1.807, 2.05) is 0 Å². The van der Waals surface area contributed by atoms with Crippen LogP contribution in [0.25, 0.3) is 16.8 Å². The Morgan fingerprint density at radius 3 is 2.65 bits per heavy atom. The van der Waals surface area contributed by atoms with E-state index in [0.717, 1.165) is 10.9 Å². The van der Waals surface area contributed by atoms with Crippen molar-refractivity contribution in [1.29, 1.82) is 0 Å². The van der Waals surface area contributed by atoms with Crippen molar-refractivity contribution < 1.29 is 12.8 Å². The van der Waals surface area contributed by atoms with Crippen LogP contribution in [-0.2, 0) is 16.4 Å². The number of pyridine rings is 1. The third-order valence-electron chi connectivity index (χ3n) is 3.95. The molecule has 0 aliphatic rings. The van der Waals surface area contributed by atoms with Crippen LogP contribution < -0.4 is 11.4 Å². The number of sulfone groups is 1. The summed E-state index contributed by atoms with van der Waals surface area (Å²) in [6.07, 6.45) is 3.06. The Labute approximate surface area is 149 Å². The van der Waals surface area contributed by atoms with Crippen LogP contribution in [0.2, 0.25) is 0 Å². The molecule has 0 bridgehead atoms. The molecule has 0 radical (unpaired) electrons. The summed E-state index contributed by atoms with van der Waals surface area (Å²) in [5.41, 5.74) is 7.01. The Morgan fingerprint density at radius 1 is 1.27 bits per heavy atom. The fourth-order valence-electron chi connectivity index (χ4n) is 2.54. The van der Waals surface area contributed by atoms with Gasteiger partial charge in [-0.15, -0.1) is 5.10 Å². The minimum absolute atomic E-state index is 0.0135. The van der Waals surface area contributed by atoms with Crippen molar-refractivity contribution in [3.63, 3.8) is 0 Å². The van der Waals surface area contributed by atoms with Gasteiger partial charge >= 0.3 is 5.69 Å². The van der Waals surface area contributed by atoms with Crippen molar-refractivity contribution in [2.45, 2.75) is 11.4 Å². The maximum atomic E-state index is 12.7. The fraction of sp³-hybridized carbons (Fsp3) is 0.176. The summed E-state index contributed by atoms with van der Waals surface area (Å²) < 4.78 is 38.6. The molecule has 0 spiro atoms. The Morgan fingerprint density at radius 2 is 2.00 bits per heavy atom. The van der Waals surface area contributed by atoms with Gasteiger partial charge in [0.15, 0.2) is 15.5 Å². The number of fused-ring (bicyclic) bond motifs is 1. The van der Waals surface area contributed by atoms with Gasteiger partial charge in [-0.3, -0.25) is 4.40 Å². The molecule has 0 fully saturated rings. The molecule has 0 unspecified atom stereocenters. The van der Waals surface area contributed by atoms with Crippen LogP contribution in [0, 0.1) is 0 Å². The monoisotopic (exact) mass is 376 g/mol. The molecule has 2 N–H and O–H groups in total. The Bertz CT molecular complexity index is 1160. The quantitative estimate of drug-likeness (QED) is 0.725. The van der Waals surface area contributed by atoms with Crippen molar-refractivity contribution >= 4 is 15.5 Å². The molecule has 9 heteroatoms. The highest BCUT2D eigenvalue weighted by molar-refractivity contribution is 7.90. The van der Waals surface area contributed by atoms with E-state index in [1.165, 1.54) is 10.5 Å². The number of halogens is 1. The topological polar surface area (TPSA) is 99.5 Å². The third kappa shape index (κ3) is 3.44. The number of hydrogen-bond donors (Lipinski definition) is 1. The summed E-state index contributed by atoms with van der Waals surface area (Å²) in [7, 11) is -3.33. The van der Waals surface area contributed by atoms with E-state index < -0.39 is 15.5 Å². The molecule has 0 saturated heterocycles. The normalized spacial score (nSPS) is 12.7. The SMILES string of the molecule is CS(=O)(=O)c1cccc(-c2ccn3c(=O)n(C/C(=C/F)CN)nc3c2)c1. The first-order valence-electron chi connectivity index (χ1n) is 7.71. The molecule has 0 amide bonds. The molecule has 0 aliphatic heterocycles. The van der Waals surface area contributed by atoms with Crippen molar-refractivity contribution in [3.8, 4) is 11.1 Å². The van der Waals surface area contributed by atoms with Crippen molar-refractivity contribution in [1.82, 2.24) is 14.2 Å². The highest BCUT2D eigenvalue weighted by atomic mass is 32.2. The maximum Gasteiger partial charge on any atom is 0.350 e. The molecule has 26 heavy (non-hydrogen) atoms. The van der Waals surface area contributed by atoms with E-state index in [2.05, 4.69) is 5.10 Å². The predicted octanol–water partition coefficient (Wildman–Crippen LogP) is 1.38. The van der Waals surface area contributed by atoms with Gasteiger partial charge in [0.05, 0.1) is 17.8 Å². The number of nitrogens with two attached hydrogens (primary N) is 1. The highest BCUT2D eigenvalue weighted by Gasteiger charge is 2.12. The minimum Gasteiger partial charge on any atom is -0.327 e. The summed E-state index contributed by atoms with van der Waals surface area (Å²) in [5, 5.41) is 4.19. The van der Waals surface area contributed by atoms with Gasteiger partial charge in [-0.25, -0.2) is 22.3 Å². The average molecular weight is 376 g/mol. The van der Waals surface area contributed by atoms with Gasteiger partial charge in [0.2, 0.25) is 0 Å². The Hall–Kier alpha value is -2.78. The molecule has 2 aromatic heterocycles. The molecule has 0 saturated carbocycles. The molecule has 7 nitrogen and oxygen atoms in total. The molecule has 0 atom stereocenters. The lowest BCUT2D eigenvalue weighted by molar-refractivity contribution is 0.602.